The zero-order valence-electron chi connectivity index (χ0n) is 16.4. The number of amides is 1. The van der Waals surface area contributed by atoms with E-state index in [1.54, 1.807) is 28.4 Å². The van der Waals surface area contributed by atoms with E-state index in [4.69, 9.17) is 18.9 Å². The molecule has 0 spiro atoms. The summed E-state index contributed by atoms with van der Waals surface area (Å²) < 4.78 is 21.7. The fourth-order valence-electron chi connectivity index (χ4n) is 3.58. The van der Waals surface area contributed by atoms with E-state index in [2.05, 4.69) is 0 Å². The smallest absolute Gasteiger partial charge is 0.234 e. The summed E-state index contributed by atoms with van der Waals surface area (Å²) in [5, 5.41) is 0. The van der Waals surface area contributed by atoms with E-state index >= 15 is 0 Å². The molecule has 0 fully saturated rings. The Morgan fingerprint density at radius 1 is 0.963 bits per heavy atom. The summed E-state index contributed by atoms with van der Waals surface area (Å²) in [6, 6.07) is 9.54. The molecule has 2 aromatic rings. The predicted molar refractivity (Wildman–Crippen MR) is 102 cm³/mol. The lowest BCUT2D eigenvalue weighted by molar-refractivity contribution is -0.133. The van der Waals surface area contributed by atoms with Gasteiger partial charge in [0.05, 0.1) is 34.4 Å². The lowest BCUT2D eigenvalue weighted by Crippen LogP contribution is -2.39. The highest BCUT2D eigenvalue weighted by Crippen LogP contribution is 2.43. The van der Waals surface area contributed by atoms with Crippen LogP contribution in [0.2, 0.25) is 0 Å². The topological polar surface area (TPSA) is 57.2 Å². The third-order valence-corrected chi connectivity index (χ3v) is 4.98. The molecule has 144 valence electrons. The van der Waals surface area contributed by atoms with Crippen LogP contribution in [0, 0.1) is 0 Å². The zero-order valence-corrected chi connectivity index (χ0v) is 16.4. The number of carbonyl (C=O) groups excluding carboxylic acids is 1. The van der Waals surface area contributed by atoms with Gasteiger partial charge in [0.2, 0.25) is 11.7 Å². The number of fused-ring (bicyclic) bond motifs is 1. The van der Waals surface area contributed by atoms with Crippen LogP contribution in [0.1, 0.15) is 29.5 Å². The van der Waals surface area contributed by atoms with Gasteiger partial charge in [-0.2, -0.15) is 0 Å². The molecule has 1 aliphatic heterocycles. The van der Waals surface area contributed by atoms with Crippen LogP contribution in [0.4, 0.5) is 0 Å². The highest BCUT2D eigenvalue weighted by atomic mass is 16.5. The second kappa shape index (κ2) is 7.78. The summed E-state index contributed by atoms with van der Waals surface area (Å²) in [7, 11) is 6.35. The second-order valence-corrected chi connectivity index (χ2v) is 6.31. The number of likely N-dealkylation sites (N-methyl/N-ethyl adjacent to an activating group) is 1. The Morgan fingerprint density at radius 3 is 2.15 bits per heavy atom. The number of benzene rings is 2. The normalized spacial score (nSPS) is 16.0. The number of ether oxygens (including phenoxy) is 4. The SMILES string of the molecule is CCN1Cc2cc(OC)ccc2C(c2cc(OC)c(OC)c(OC)c2)C1=O. The molecule has 1 unspecified atom stereocenters. The van der Waals surface area contributed by atoms with Crippen LogP contribution < -0.4 is 18.9 Å². The summed E-state index contributed by atoms with van der Waals surface area (Å²) in [5.74, 6) is 1.97. The van der Waals surface area contributed by atoms with Crippen molar-refractivity contribution in [2.45, 2.75) is 19.4 Å². The highest BCUT2D eigenvalue weighted by molar-refractivity contribution is 5.89. The van der Waals surface area contributed by atoms with E-state index in [1.807, 2.05) is 42.2 Å². The minimum absolute atomic E-state index is 0.0597. The molecule has 0 bridgehead atoms. The van der Waals surface area contributed by atoms with Crippen LogP contribution in [0.5, 0.6) is 23.0 Å². The summed E-state index contributed by atoms with van der Waals surface area (Å²) >= 11 is 0. The molecule has 3 rings (SSSR count). The van der Waals surface area contributed by atoms with Crippen molar-refractivity contribution < 1.29 is 23.7 Å². The minimum atomic E-state index is -0.437. The standard InChI is InChI=1S/C21H25NO5/c1-6-22-12-14-9-15(24-2)7-8-16(14)19(21(22)23)13-10-17(25-3)20(27-5)18(11-13)26-4/h7-11,19H,6,12H2,1-5H3. The van der Waals surface area contributed by atoms with Crippen molar-refractivity contribution in [1.29, 1.82) is 0 Å². The third kappa shape index (κ3) is 3.27. The molecule has 0 saturated carbocycles. The average molecular weight is 371 g/mol. The quantitative estimate of drug-likeness (QED) is 0.780. The molecule has 2 aromatic carbocycles. The second-order valence-electron chi connectivity index (χ2n) is 6.31. The van der Waals surface area contributed by atoms with E-state index in [9.17, 15) is 4.79 Å². The van der Waals surface area contributed by atoms with E-state index in [0.717, 1.165) is 22.4 Å². The number of carbonyl (C=O) groups is 1. The lowest BCUT2D eigenvalue weighted by Gasteiger charge is -2.34. The van der Waals surface area contributed by atoms with Gasteiger partial charge < -0.3 is 23.8 Å². The summed E-state index contributed by atoms with van der Waals surface area (Å²) in [4.78, 5) is 15.1. The Labute approximate surface area is 159 Å². The van der Waals surface area contributed by atoms with Crippen molar-refractivity contribution in [3.63, 3.8) is 0 Å². The molecular formula is C21H25NO5. The zero-order chi connectivity index (χ0) is 19.6. The lowest BCUT2D eigenvalue weighted by atomic mass is 9.83. The van der Waals surface area contributed by atoms with Crippen LogP contribution in [0.3, 0.4) is 0 Å². The molecular weight excluding hydrogens is 346 g/mol. The average Bonchev–Trinajstić information content (AvgIpc) is 2.71. The maximum absolute atomic E-state index is 13.2. The molecule has 1 atom stereocenters. The van der Waals surface area contributed by atoms with Crippen LogP contribution in [-0.4, -0.2) is 45.8 Å². The number of nitrogens with zero attached hydrogens (tertiary/aromatic N) is 1. The molecule has 1 heterocycles. The number of rotatable bonds is 6. The Kier molecular flexibility index (Phi) is 5.44. The van der Waals surface area contributed by atoms with Gasteiger partial charge in [0.15, 0.2) is 11.5 Å². The largest absolute Gasteiger partial charge is 0.497 e. The van der Waals surface area contributed by atoms with Crippen molar-refractivity contribution in [3.05, 3.63) is 47.0 Å². The van der Waals surface area contributed by atoms with Crippen LogP contribution in [0.15, 0.2) is 30.3 Å². The van der Waals surface area contributed by atoms with E-state index < -0.39 is 5.92 Å². The molecule has 0 radical (unpaired) electrons. The minimum Gasteiger partial charge on any atom is -0.497 e. The molecule has 1 amide bonds. The molecule has 27 heavy (non-hydrogen) atoms. The number of hydrogen-bond acceptors (Lipinski definition) is 5. The maximum Gasteiger partial charge on any atom is 0.234 e. The first-order chi connectivity index (χ1) is 13.1. The number of hydrogen-bond donors (Lipinski definition) is 0. The van der Waals surface area contributed by atoms with Gasteiger partial charge in [-0.05, 0) is 47.9 Å². The maximum atomic E-state index is 13.2. The summed E-state index contributed by atoms with van der Waals surface area (Å²) in [6.45, 7) is 3.19. The Morgan fingerprint density at radius 2 is 1.63 bits per heavy atom. The van der Waals surface area contributed by atoms with Crippen molar-refractivity contribution in [2.75, 3.05) is 35.0 Å². The van der Waals surface area contributed by atoms with Gasteiger partial charge in [0.1, 0.15) is 5.75 Å². The van der Waals surface area contributed by atoms with Gasteiger partial charge in [-0.1, -0.05) is 6.07 Å². The van der Waals surface area contributed by atoms with Crippen LogP contribution >= 0.6 is 0 Å². The van der Waals surface area contributed by atoms with Crippen molar-refractivity contribution in [3.8, 4) is 23.0 Å². The molecule has 6 nitrogen and oxygen atoms in total. The molecule has 0 aliphatic carbocycles. The molecule has 0 saturated heterocycles. The van der Waals surface area contributed by atoms with Gasteiger partial charge in [-0.3, -0.25) is 4.79 Å². The molecule has 1 aliphatic rings. The number of methoxy groups -OCH3 is 4. The van der Waals surface area contributed by atoms with E-state index in [0.29, 0.717) is 30.3 Å². The monoisotopic (exact) mass is 371 g/mol. The summed E-state index contributed by atoms with van der Waals surface area (Å²) in [5.41, 5.74) is 2.85. The van der Waals surface area contributed by atoms with Crippen LogP contribution in [-0.2, 0) is 11.3 Å². The third-order valence-electron chi connectivity index (χ3n) is 4.98. The Balaban J connectivity index is 2.19. The van der Waals surface area contributed by atoms with Gasteiger partial charge in [-0.25, -0.2) is 0 Å². The first-order valence-electron chi connectivity index (χ1n) is 8.83. The molecule has 0 N–H and O–H groups in total. The fraction of sp³-hybridized carbons (Fsp3) is 0.381. The Hall–Kier alpha value is -2.89. The fourth-order valence-corrected chi connectivity index (χ4v) is 3.58. The molecule has 6 heteroatoms. The predicted octanol–water partition coefficient (Wildman–Crippen LogP) is 3.22. The summed E-state index contributed by atoms with van der Waals surface area (Å²) in [6.07, 6.45) is 0. The van der Waals surface area contributed by atoms with Gasteiger partial charge in [-0.15, -0.1) is 0 Å². The first kappa shape index (κ1) is 18.9. The van der Waals surface area contributed by atoms with Crippen molar-refractivity contribution >= 4 is 5.91 Å². The molecule has 0 aromatic heterocycles. The van der Waals surface area contributed by atoms with Gasteiger partial charge in [0, 0.05) is 13.1 Å². The first-order valence-corrected chi connectivity index (χ1v) is 8.83. The van der Waals surface area contributed by atoms with Crippen molar-refractivity contribution in [1.82, 2.24) is 4.90 Å². The van der Waals surface area contributed by atoms with Crippen molar-refractivity contribution in [2.24, 2.45) is 0 Å². The van der Waals surface area contributed by atoms with Gasteiger partial charge in [0.25, 0.3) is 0 Å². The van der Waals surface area contributed by atoms with Crippen LogP contribution in [0.25, 0.3) is 0 Å². The van der Waals surface area contributed by atoms with E-state index in [-0.39, 0.29) is 5.91 Å². The van der Waals surface area contributed by atoms with Gasteiger partial charge >= 0.3 is 0 Å². The van der Waals surface area contributed by atoms with E-state index in [1.165, 1.54) is 0 Å². The Bertz CT molecular complexity index is 823. The highest BCUT2D eigenvalue weighted by Gasteiger charge is 2.35.